The first-order valence-electron chi connectivity index (χ1n) is 9.57. The summed E-state index contributed by atoms with van der Waals surface area (Å²) in [5.74, 6) is -0.960. The molecular weight excluding hydrogens is 364 g/mol. The molecule has 0 aliphatic carbocycles. The molecule has 0 aliphatic rings. The fourth-order valence-electron chi connectivity index (χ4n) is 3.62. The van der Waals surface area contributed by atoms with E-state index in [-0.39, 0.29) is 5.56 Å². The largest absolute Gasteiger partial charge is 0.478 e. The molecule has 146 valence electrons. The normalized spacial score (nSPS) is 12.2. The van der Waals surface area contributed by atoms with Gasteiger partial charge in [0.25, 0.3) is 0 Å². The predicted molar refractivity (Wildman–Crippen MR) is 112 cm³/mol. The van der Waals surface area contributed by atoms with Crippen molar-refractivity contribution in [1.29, 1.82) is 0 Å². The van der Waals surface area contributed by atoms with Gasteiger partial charge >= 0.3 is 5.97 Å². The molecule has 4 aromatic rings. The number of aliphatic hydroxyl groups is 1. The standard InChI is InChI=1S/C24H22N2O3/c1-3-18-14-26-21(12-15(2)13-22(26)25-18)23(27)17-10-8-16(9-11-17)19-6-4-5-7-20(19)24(28)29/h4-14,23,27H,3H2,1-2H3,(H,28,29). The number of aliphatic hydroxyl groups excluding tert-OH is 1. The molecule has 2 aromatic heterocycles. The highest BCUT2D eigenvalue weighted by Crippen LogP contribution is 2.29. The van der Waals surface area contributed by atoms with E-state index in [9.17, 15) is 15.0 Å². The van der Waals surface area contributed by atoms with Gasteiger partial charge in [0.15, 0.2) is 0 Å². The number of aromatic carboxylic acids is 1. The summed E-state index contributed by atoms with van der Waals surface area (Å²) in [6.45, 7) is 4.04. The first-order chi connectivity index (χ1) is 14.0. The lowest BCUT2D eigenvalue weighted by molar-refractivity contribution is 0.0697. The number of hydrogen-bond acceptors (Lipinski definition) is 3. The Labute approximate surface area is 168 Å². The molecule has 0 fully saturated rings. The monoisotopic (exact) mass is 386 g/mol. The highest BCUT2D eigenvalue weighted by Gasteiger charge is 2.17. The zero-order valence-electron chi connectivity index (χ0n) is 16.3. The molecule has 5 heteroatoms. The van der Waals surface area contributed by atoms with Gasteiger partial charge in [-0.2, -0.15) is 0 Å². The highest BCUT2D eigenvalue weighted by molar-refractivity contribution is 5.96. The maximum Gasteiger partial charge on any atom is 0.336 e. The maximum atomic E-state index is 11.5. The van der Waals surface area contributed by atoms with Crippen LogP contribution in [0.25, 0.3) is 16.8 Å². The number of pyridine rings is 1. The smallest absolute Gasteiger partial charge is 0.336 e. The molecule has 29 heavy (non-hydrogen) atoms. The minimum absolute atomic E-state index is 0.256. The van der Waals surface area contributed by atoms with E-state index < -0.39 is 12.1 Å². The molecule has 0 aliphatic heterocycles. The third-order valence-electron chi connectivity index (χ3n) is 5.13. The fourth-order valence-corrected chi connectivity index (χ4v) is 3.62. The summed E-state index contributed by atoms with van der Waals surface area (Å²) in [5, 5.41) is 20.5. The van der Waals surface area contributed by atoms with Crippen molar-refractivity contribution < 1.29 is 15.0 Å². The number of rotatable bonds is 5. The van der Waals surface area contributed by atoms with Crippen molar-refractivity contribution in [3.8, 4) is 11.1 Å². The number of fused-ring (bicyclic) bond motifs is 1. The van der Waals surface area contributed by atoms with E-state index in [4.69, 9.17) is 0 Å². The summed E-state index contributed by atoms with van der Waals surface area (Å²) in [7, 11) is 0. The molecule has 0 radical (unpaired) electrons. The topological polar surface area (TPSA) is 74.8 Å². The average molecular weight is 386 g/mol. The summed E-state index contributed by atoms with van der Waals surface area (Å²) in [5.41, 5.74) is 6.03. The van der Waals surface area contributed by atoms with E-state index in [2.05, 4.69) is 11.9 Å². The summed E-state index contributed by atoms with van der Waals surface area (Å²) >= 11 is 0. The van der Waals surface area contributed by atoms with E-state index in [1.807, 2.05) is 60.0 Å². The van der Waals surface area contributed by atoms with Crippen LogP contribution >= 0.6 is 0 Å². The SMILES string of the molecule is CCc1cn2c(C(O)c3ccc(-c4ccccc4C(=O)O)cc3)cc(C)cc2n1. The van der Waals surface area contributed by atoms with Crippen molar-refractivity contribution in [3.63, 3.8) is 0 Å². The second kappa shape index (κ2) is 7.53. The molecule has 4 rings (SSSR count). The first kappa shape index (κ1) is 18.9. The van der Waals surface area contributed by atoms with E-state index in [1.54, 1.807) is 18.2 Å². The lowest BCUT2D eigenvalue weighted by Crippen LogP contribution is -2.06. The van der Waals surface area contributed by atoms with Crippen LogP contribution in [0.3, 0.4) is 0 Å². The third-order valence-corrected chi connectivity index (χ3v) is 5.13. The summed E-state index contributed by atoms with van der Waals surface area (Å²) in [4.78, 5) is 16.1. The lowest BCUT2D eigenvalue weighted by atomic mass is 9.97. The predicted octanol–water partition coefficient (Wildman–Crippen LogP) is 4.65. The zero-order chi connectivity index (χ0) is 20.5. The molecule has 0 amide bonds. The lowest BCUT2D eigenvalue weighted by Gasteiger charge is -2.15. The Morgan fingerprint density at radius 1 is 1.10 bits per heavy atom. The van der Waals surface area contributed by atoms with Gasteiger partial charge in [-0.1, -0.05) is 49.4 Å². The molecule has 2 aromatic carbocycles. The minimum atomic E-state index is -0.960. The van der Waals surface area contributed by atoms with Crippen LogP contribution in [0.5, 0.6) is 0 Å². The zero-order valence-corrected chi connectivity index (χ0v) is 16.3. The molecule has 2 N–H and O–H groups in total. The average Bonchev–Trinajstić information content (AvgIpc) is 3.15. The van der Waals surface area contributed by atoms with Gasteiger partial charge in [0.2, 0.25) is 0 Å². The minimum Gasteiger partial charge on any atom is -0.478 e. The number of benzene rings is 2. The molecule has 1 unspecified atom stereocenters. The van der Waals surface area contributed by atoms with Gasteiger partial charge in [0.1, 0.15) is 11.8 Å². The van der Waals surface area contributed by atoms with Crippen LogP contribution in [0.15, 0.2) is 66.9 Å². The summed E-state index contributed by atoms with van der Waals surface area (Å²) < 4.78 is 1.93. The Balaban J connectivity index is 1.73. The Morgan fingerprint density at radius 3 is 2.52 bits per heavy atom. The van der Waals surface area contributed by atoms with Crippen molar-refractivity contribution in [2.45, 2.75) is 26.4 Å². The Hall–Kier alpha value is -3.44. The van der Waals surface area contributed by atoms with Crippen LogP contribution in [-0.2, 0) is 6.42 Å². The van der Waals surface area contributed by atoms with Gasteiger partial charge in [0.05, 0.1) is 17.0 Å². The number of imidazole rings is 1. The van der Waals surface area contributed by atoms with Crippen molar-refractivity contribution in [3.05, 3.63) is 94.9 Å². The van der Waals surface area contributed by atoms with Crippen molar-refractivity contribution >= 4 is 11.6 Å². The van der Waals surface area contributed by atoms with Crippen LogP contribution < -0.4 is 0 Å². The molecule has 0 bridgehead atoms. The van der Waals surface area contributed by atoms with Gasteiger partial charge < -0.3 is 14.6 Å². The molecule has 0 spiro atoms. The van der Waals surface area contributed by atoms with Crippen LogP contribution in [0.4, 0.5) is 0 Å². The number of carboxylic acids is 1. The fraction of sp³-hybridized carbons (Fsp3) is 0.167. The maximum absolute atomic E-state index is 11.5. The number of aromatic nitrogens is 2. The van der Waals surface area contributed by atoms with Crippen molar-refractivity contribution in [1.82, 2.24) is 9.38 Å². The van der Waals surface area contributed by atoms with Gasteiger partial charge in [-0.15, -0.1) is 0 Å². The summed E-state index contributed by atoms with van der Waals surface area (Å²) in [6.07, 6.45) is 1.97. The third kappa shape index (κ3) is 3.52. The van der Waals surface area contributed by atoms with Gasteiger partial charge in [0, 0.05) is 6.20 Å². The van der Waals surface area contributed by atoms with Crippen LogP contribution in [0.2, 0.25) is 0 Å². The number of nitrogens with zero attached hydrogens (tertiary/aromatic N) is 2. The van der Waals surface area contributed by atoms with E-state index in [1.165, 1.54) is 0 Å². The number of carbonyl (C=O) groups is 1. The first-order valence-corrected chi connectivity index (χ1v) is 9.57. The second-order valence-corrected chi connectivity index (χ2v) is 7.15. The van der Waals surface area contributed by atoms with Crippen LogP contribution in [0.1, 0.15) is 45.9 Å². The van der Waals surface area contributed by atoms with Crippen molar-refractivity contribution in [2.75, 3.05) is 0 Å². The van der Waals surface area contributed by atoms with E-state index in [0.29, 0.717) is 5.56 Å². The van der Waals surface area contributed by atoms with Gasteiger partial charge in [-0.25, -0.2) is 9.78 Å². The Bertz CT molecular complexity index is 1190. The molecule has 2 heterocycles. The Kier molecular flexibility index (Phi) is 4.91. The van der Waals surface area contributed by atoms with Gasteiger partial charge in [-0.3, -0.25) is 0 Å². The quantitative estimate of drug-likeness (QED) is 0.523. The van der Waals surface area contributed by atoms with E-state index >= 15 is 0 Å². The van der Waals surface area contributed by atoms with Gasteiger partial charge in [-0.05, 0) is 53.8 Å². The molecule has 5 nitrogen and oxygen atoms in total. The molecule has 1 atom stereocenters. The van der Waals surface area contributed by atoms with Crippen LogP contribution in [0, 0.1) is 6.92 Å². The molecule has 0 saturated heterocycles. The Morgan fingerprint density at radius 2 is 1.83 bits per heavy atom. The number of hydrogen-bond donors (Lipinski definition) is 2. The second-order valence-electron chi connectivity index (χ2n) is 7.15. The molecule has 0 saturated carbocycles. The summed E-state index contributed by atoms with van der Waals surface area (Å²) in [6, 6.07) is 18.2. The number of carboxylic acid groups (broad SMARTS) is 1. The molecular formula is C24H22N2O3. The highest BCUT2D eigenvalue weighted by atomic mass is 16.4. The van der Waals surface area contributed by atoms with Crippen molar-refractivity contribution in [2.24, 2.45) is 0 Å². The van der Waals surface area contributed by atoms with E-state index in [0.717, 1.165) is 40.1 Å². The number of aryl methyl sites for hydroxylation is 2. The van der Waals surface area contributed by atoms with Crippen LogP contribution in [-0.4, -0.2) is 25.6 Å².